The van der Waals surface area contributed by atoms with Gasteiger partial charge in [0, 0.05) is 0 Å². The van der Waals surface area contributed by atoms with Crippen LogP contribution in [0, 0.1) is 18.3 Å². The van der Waals surface area contributed by atoms with Crippen LogP contribution in [0.1, 0.15) is 19.8 Å². The summed E-state index contributed by atoms with van der Waals surface area (Å²) in [5.41, 5.74) is 0. The third-order valence-electron chi connectivity index (χ3n) is 1.70. The normalized spacial score (nSPS) is 20.9. The van der Waals surface area contributed by atoms with Gasteiger partial charge in [-0.1, -0.05) is 12.8 Å². The van der Waals surface area contributed by atoms with Crippen LogP contribution in [0.15, 0.2) is 0 Å². The van der Waals surface area contributed by atoms with Crippen LogP contribution in [-0.2, 0) is 0 Å². The van der Waals surface area contributed by atoms with Crippen molar-refractivity contribution in [2.24, 2.45) is 5.92 Å². The molecule has 50 valence electrons. The molecule has 1 aliphatic carbocycles. The average Bonchev–Trinajstić information content (AvgIpc) is 2.64. The zero-order valence-electron chi connectivity index (χ0n) is 5.85. The van der Waals surface area contributed by atoms with Crippen LogP contribution in [0.25, 0.3) is 0 Å². The molecular weight excluding hydrogens is 110 g/mol. The van der Waals surface area contributed by atoms with Crippen molar-refractivity contribution in [1.82, 2.24) is 5.32 Å². The van der Waals surface area contributed by atoms with Gasteiger partial charge in [0.1, 0.15) is 0 Å². The Balaban J connectivity index is 2.23. The minimum absolute atomic E-state index is 0.356. The van der Waals surface area contributed by atoms with Crippen LogP contribution in [-0.4, -0.2) is 12.6 Å². The van der Waals surface area contributed by atoms with Crippen molar-refractivity contribution in [3.8, 4) is 12.3 Å². The standard InChI is InChI=1S/C8H13N/c1-3-8(9-4-2)7-5-6-7/h1,7-9H,4-6H2,2H3. The third-order valence-corrected chi connectivity index (χ3v) is 1.70. The van der Waals surface area contributed by atoms with E-state index in [2.05, 4.69) is 18.2 Å². The molecule has 1 unspecified atom stereocenters. The largest absolute Gasteiger partial charge is 0.304 e. The van der Waals surface area contributed by atoms with E-state index in [0.717, 1.165) is 12.5 Å². The van der Waals surface area contributed by atoms with E-state index in [1.165, 1.54) is 12.8 Å². The summed E-state index contributed by atoms with van der Waals surface area (Å²) in [7, 11) is 0. The van der Waals surface area contributed by atoms with Crippen LogP contribution in [0.3, 0.4) is 0 Å². The Labute approximate surface area is 56.8 Å². The van der Waals surface area contributed by atoms with Crippen molar-refractivity contribution in [3.63, 3.8) is 0 Å². The fourth-order valence-electron chi connectivity index (χ4n) is 1.01. The van der Waals surface area contributed by atoms with Crippen LogP contribution < -0.4 is 5.32 Å². The summed E-state index contributed by atoms with van der Waals surface area (Å²) in [4.78, 5) is 0. The summed E-state index contributed by atoms with van der Waals surface area (Å²) >= 11 is 0. The number of hydrogen-bond acceptors (Lipinski definition) is 1. The van der Waals surface area contributed by atoms with Gasteiger partial charge in [-0.3, -0.25) is 0 Å². The monoisotopic (exact) mass is 123 g/mol. The second-order valence-corrected chi connectivity index (χ2v) is 2.54. The highest BCUT2D eigenvalue weighted by Crippen LogP contribution is 2.32. The SMILES string of the molecule is C#CC(NCC)C1CC1. The quantitative estimate of drug-likeness (QED) is 0.552. The lowest BCUT2D eigenvalue weighted by molar-refractivity contribution is 0.573. The highest BCUT2D eigenvalue weighted by atomic mass is 14.9. The van der Waals surface area contributed by atoms with Gasteiger partial charge in [0.05, 0.1) is 6.04 Å². The van der Waals surface area contributed by atoms with Crippen molar-refractivity contribution in [3.05, 3.63) is 0 Å². The molecule has 1 heteroatoms. The molecule has 1 fully saturated rings. The number of nitrogens with one attached hydrogen (secondary N) is 1. The highest BCUT2D eigenvalue weighted by Gasteiger charge is 2.28. The van der Waals surface area contributed by atoms with E-state index in [1.54, 1.807) is 0 Å². The summed E-state index contributed by atoms with van der Waals surface area (Å²) in [6.07, 6.45) is 7.93. The van der Waals surface area contributed by atoms with Gasteiger partial charge >= 0.3 is 0 Å². The molecule has 1 rings (SSSR count). The maximum atomic E-state index is 5.29. The minimum Gasteiger partial charge on any atom is -0.304 e. The number of hydrogen-bond donors (Lipinski definition) is 1. The van der Waals surface area contributed by atoms with Gasteiger partial charge in [-0.25, -0.2) is 0 Å². The Morgan fingerprint density at radius 2 is 2.44 bits per heavy atom. The summed E-state index contributed by atoms with van der Waals surface area (Å²) < 4.78 is 0. The zero-order chi connectivity index (χ0) is 6.69. The molecule has 0 amide bonds. The molecule has 0 spiro atoms. The lowest BCUT2D eigenvalue weighted by Gasteiger charge is -2.07. The van der Waals surface area contributed by atoms with E-state index in [4.69, 9.17) is 6.42 Å². The molecule has 1 nitrogen and oxygen atoms in total. The molecule has 0 heterocycles. The Kier molecular flexibility index (Phi) is 2.13. The molecule has 1 aliphatic rings. The fraction of sp³-hybridized carbons (Fsp3) is 0.750. The summed E-state index contributed by atoms with van der Waals surface area (Å²) in [5, 5.41) is 3.26. The molecule has 1 saturated carbocycles. The Hall–Kier alpha value is -0.480. The van der Waals surface area contributed by atoms with Gasteiger partial charge in [-0.05, 0) is 25.3 Å². The summed E-state index contributed by atoms with van der Waals surface area (Å²) in [6.45, 7) is 3.08. The van der Waals surface area contributed by atoms with Crippen LogP contribution in [0.2, 0.25) is 0 Å². The lowest BCUT2D eigenvalue weighted by atomic mass is 10.2. The summed E-state index contributed by atoms with van der Waals surface area (Å²) in [6, 6.07) is 0.356. The van der Waals surface area contributed by atoms with Gasteiger partial charge in [0.25, 0.3) is 0 Å². The van der Waals surface area contributed by atoms with Gasteiger partial charge in [0.15, 0.2) is 0 Å². The predicted molar refractivity (Wildman–Crippen MR) is 39.0 cm³/mol. The van der Waals surface area contributed by atoms with E-state index < -0.39 is 0 Å². The first-order chi connectivity index (χ1) is 4.38. The third kappa shape index (κ3) is 1.73. The van der Waals surface area contributed by atoms with Gasteiger partial charge in [-0.2, -0.15) is 0 Å². The Morgan fingerprint density at radius 3 is 2.78 bits per heavy atom. The molecule has 0 aromatic heterocycles. The van der Waals surface area contributed by atoms with E-state index in [9.17, 15) is 0 Å². The van der Waals surface area contributed by atoms with E-state index in [0.29, 0.717) is 6.04 Å². The number of terminal acetylenes is 1. The van der Waals surface area contributed by atoms with Crippen molar-refractivity contribution >= 4 is 0 Å². The zero-order valence-corrected chi connectivity index (χ0v) is 5.85. The molecule has 0 radical (unpaired) electrons. The highest BCUT2D eigenvalue weighted by molar-refractivity contribution is 5.05. The van der Waals surface area contributed by atoms with Crippen molar-refractivity contribution in [1.29, 1.82) is 0 Å². The second kappa shape index (κ2) is 2.89. The summed E-state index contributed by atoms with van der Waals surface area (Å²) in [5.74, 6) is 3.54. The smallest absolute Gasteiger partial charge is 0.0715 e. The molecule has 1 N–H and O–H groups in total. The fourth-order valence-corrected chi connectivity index (χ4v) is 1.01. The molecule has 0 aromatic carbocycles. The van der Waals surface area contributed by atoms with E-state index >= 15 is 0 Å². The van der Waals surface area contributed by atoms with Crippen molar-refractivity contribution in [2.75, 3.05) is 6.54 Å². The van der Waals surface area contributed by atoms with Gasteiger partial charge in [0.2, 0.25) is 0 Å². The maximum Gasteiger partial charge on any atom is 0.0715 e. The predicted octanol–water partition coefficient (Wildman–Crippen LogP) is 1.01. The first-order valence-electron chi connectivity index (χ1n) is 3.58. The van der Waals surface area contributed by atoms with Crippen molar-refractivity contribution < 1.29 is 0 Å². The Bertz CT molecular complexity index is 119. The second-order valence-electron chi connectivity index (χ2n) is 2.54. The first-order valence-corrected chi connectivity index (χ1v) is 3.58. The van der Waals surface area contributed by atoms with Crippen LogP contribution >= 0.6 is 0 Å². The van der Waals surface area contributed by atoms with Crippen LogP contribution in [0.4, 0.5) is 0 Å². The molecule has 0 aromatic rings. The molecule has 0 aliphatic heterocycles. The van der Waals surface area contributed by atoms with E-state index in [-0.39, 0.29) is 0 Å². The van der Waals surface area contributed by atoms with Gasteiger partial charge in [-0.15, -0.1) is 6.42 Å². The van der Waals surface area contributed by atoms with E-state index in [1.807, 2.05) is 0 Å². The Morgan fingerprint density at radius 1 is 1.78 bits per heavy atom. The molecular formula is C8H13N. The van der Waals surface area contributed by atoms with Crippen LogP contribution in [0.5, 0.6) is 0 Å². The number of rotatable bonds is 3. The maximum absolute atomic E-state index is 5.29. The first kappa shape index (κ1) is 6.64. The molecule has 0 bridgehead atoms. The molecule has 0 saturated heterocycles. The topological polar surface area (TPSA) is 12.0 Å². The molecule has 9 heavy (non-hydrogen) atoms. The minimum atomic E-state index is 0.356. The lowest BCUT2D eigenvalue weighted by Crippen LogP contribution is -2.28. The van der Waals surface area contributed by atoms with Crippen molar-refractivity contribution in [2.45, 2.75) is 25.8 Å². The average molecular weight is 123 g/mol. The molecule has 1 atom stereocenters. The van der Waals surface area contributed by atoms with Gasteiger partial charge < -0.3 is 5.32 Å².